The number of Topliss-reactive ketones (excluding diaryl/α,β-unsaturated/α-hetero) is 1. The third kappa shape index (κ3) is 3.71. The second-order valence-electron chi connectivity index (χ2n) is 14.2. The molecule has 33 heavy (non-hydrogen) atoms. The van der Waals surface area contributed by atoms with E-state index < -0.39 is 11.0 Å². The number of ketones is 1. The molecule has 4 aliphatic carbocycles. The maximum Gasteiger partial charge on any atom is 0.138 e. The SMILES string of the molecule is C[C@@H](CCC(O)C(C)(C)Cl)[C@@H]1CC[C@]2(C)C3=CC[C@H]4C(C)(C)C(=O)CC[C@]4(C)[C@H]3CC[C@@]12C. The van der Waals surface area contributed by atoms with Crippen LogP contribution in [0.25, 0.3) is 0 Å². The van der Waals surface area contributed by atoms with E-state index >= 15 is 0 Å². The van der Waals surface area contributed by atoms with Crippen molar-refractivity contribution in [1.29, 1.82) is 0 Å². The first-order valence-electron chi connectivity index (χ1n) is 13.7. The van der Waals surface area contributed by atoms with Crippen LogP contribution in [0.2, 0.25) is 0 Å². The van der Waals surface area contributed by atoms with Gasteiger partial charge < -0.3 is 5.11 Å². The minimum Gasteiger partial charge on any atom is -0.391 e. The number of aliphatic hydroxyl groups is 1. The molecule has 4 rings (SSSR count). The van der Waals surface area contributed by atoms with Crippen LogP contribution in [0.3, 0.4) is 0 Å². The molecule has 0 aromatic carbocycles. The van der Waals surface area contributed by atoms with Gasteiger partial charge >= 0.3 is 0 Å². The molecule has 0 amide bonds. The number of halogens is 1. The smallest absolute Gasteiger partial charge is 0.138 e. The van der Waals surface area contributed by atoms with Crippen LogP contribution in [0.5, 0.6) is 0 Å². The van der Waals surface area contributed by atoms with Gasteiger partial charge in [0.05, 0.1) is 11.0 Å². The average molecular weight is 477 g/mol. The predicted octanol–water partition coefficient (Wildman–Crippen LogP) is 7.96. The fourth-order valence-electron chi connectivity index (χ4n) is 9.43. The average Bonchev–Trinajstić information content (AvgIpc) is 3.00. The summed E-state index contributed by atoms with van der Waals surface area (Å²) in [6.45, 7) is 18.4. The Morgan fingerprint density at radius 2 is 1.76 bits per heavy atom. The van der Waals surface area contributed by atoms with Gasteiger partial charge in [-0.05, 0) is 105 Å². The maximum absolute atomic E-state index is 12.8. The summed E-state index contributed by atoms with van der Waals surface area (Å²) in [5, 5.41) is 10.5. The summed E-state index contributed by atoms with van der Waals surface area (Å²) in [5.74, 6) is 2.88. The van der Waals surface area contributed by atoms with Gasteiger partial charge in [0.15, 0.2) is 0 Å². The Labute approximate surface area is 208 Å². The highest BCUT2D eigenvalue weighted by Gasteiger charge is 2.65. The number of hydrogen-bond acceptors (Lipinski definition) is 2. The van der Waals surface area contributed by atoms with E-state index in [9.17, 15) is 9.90 Å². The van der Waals surface area contributed by atoms with Gasteiger partial charge in [-0.2, -0.15) is 0 Å². The first-order chi connectivity index (χ1) is 15.1. The first-order valence-corrected chi connectivity index (χ1v) is 14.1. The van der Waals surface area contributed by atoms with Crippen molar-refractivity contribution in [2.75, 3.05) is 0 Å². The lowest BCUT2D eigenvalue weighted by atomic mass is 9.41. The number of allylic oxidation sites excluding steroid dienone is 2. The molecule has 3 fully saturated rings. The number of carbonyl (C=O) groups is 1. The molecule has 3 saturated carbocycles. The molecule has 0 aromatic heterocycles. The molecule has 0 saturated heterocycles. The number of rotatable bonds is 5. The number of alkyl halides is 1. The summed E-state index contributed by atoms with van der Waals surface area (Å²) in [4.78, 5) is 12.3. The van der Waals surface area contributed by atoms with Gasteiger partial charge in [0.2, 0.25) is 0 Å². The molecule has 0 bridgehead atoms. The fourth-order valence-corrected chi connectivity index (χ4v) is 9.54. The summed E-state index contributed by atoms with van der Waals surface area (Å²) in [6, 6.07) is 0. The number of fused-ring (bicyclic) bond motifs is 5. The number of hydrogen-bond donors (Lipinski definition) is 1. The van der Waals surface area contributed by atoms with Gasteiger partial charge in [-0.25, -0.2) is 0 Å². The van der Waals surface area contributed by atoms with E-state index in [0.29, 0.717) is 34.9 Å². The highest BCUT2D eigenvalue weighted by atomic mass is 35.5. The Morgan fingerprint density at radius 1 is 1.09 bits per heavy atom. The van der Waals surface area contributed by atoms with Crippen molar-refractivity contribution in [1.82, 2.24) is 0 Å². The molecule has 2 nitrogen and oxygen atoms in total. The van der Waals surface area contributed by atoms with Gasteiger partial charge in [0.25, 0.3) is 0 Å². The summed E-state index contributed by atoms with van der Waals surface area (Å²) in [6.07, 6.45) is 12.0. The Hall–Kier alpha value is -0.340. The van der Waals surface area contributed by atoms with Gasteiger partial charge in [-0.3, -0.25) is 4.79 Å². The zero-order valence-electron chi connectivity index (χ0n) is 22.6. The zero-order valence-corrected chi connectivity index (χ0v) is 23.3. The standard InChI is InChI=1S/C30H49ClO2/c1-19(9-12-25(33)27(4,5)31)20-13-17-30(8)22-10-11-23-26(2,3)24(32)15-16-28(23,6)21(22)14-18-29(20,30)7/h10,19-21,23,25,33H,9,11-18H2,1-8H3/t19-,20-,21-,23-,25?,28+,29-,30+/m0/s1. The van der Waals surface area contributed by atoms with E-state index in [-0.39, 0.29) is 16.2 Å². The molecule has 1 unspecified atom stereocenters. The Morgan fingerprint density at radius 3 is 2.39 bits per heavy atom. The molecular formula is C30H49ClO2. The maximum atomic E-state index is 12.8. The van der Waals surface area contributed by atoms with Crippen molar-refractivity contribution in [3.8, 4) is 0 Å². The normalized spacial score (nSPS) is 44.4. The summed E-state index contributed by atoms with van der Waals surface area (Å²) < 4.78 is 0. The van der Waals surface area contributed by atoms with Gasteiger partial charge in [-0.15, -0.1) is 11.6 Å². The lowest BCUT2D eigenvalue weighted by Gasteiger charge is -2.63. The molecule has 188 valence electrons. The van der Waals surface area contributed by atoms with Gasteiger partial charge in [0, 0.05) is 11.8 Å². The minimum atomic E-state index is -0.556. The summed E-state index contributed by atoms with van der Waals surface area (Å²) in [7, 11) is 0. The van der Waals surface area contributed by atoms with Crippen molar-refractivity contribution >= 4 is 17.4 Å². The van der Waals surface area contributed by atoms with Crippen LogP contribution in [0.15, 0.2) is 11.6 Å². The quantitative estimate of drug-likeness (QED) is 0.322. The molecule has 4 aliphatic rings. The van der Waals surface area contributed by atoms with Crippen LogP contribution >= 0.6 is 11.6 Å². The number of aliphatic hydroxyl groups excluding tert-OH is 1. The van der Waals surface area contributed by atoms with Crippen LogP contribution in [0.4, 0.5) is 0 Å². The lowest BCUT2D eigenvalue weighted by Crippen LogP contribution is -2.57. The Kier molecular flexibility index (Phi) is 6.31. The van der Waals surface area contributed by atoms with Crippen LogP contribution in [0, 0.1) is 45.3 Å². The molecule has 0 radical (unpaired) electrons. The Bertz CT molecular complexity index is 822. The Balaban J connectivity index is 1.59. The fraction of sp³-hybridized carbons (Fsp3) is 0.900. The van der Waals surface area contributed by atoms with E-state index in [0.717, 1.165) is 32.1 Å². The monoisotopic (exact) mass is 476 g/mol. The molecular weight excluding hydrogens is 428 g/mol. The summed E-state index contributed by atoms with van der Waals surface area (Å²) in [5.41, 5.74) is 2.39. The van der Waals surface area contributed by atoms with Crippen LogP contribution in [0.1, 0.15) is 113 Å². The molecule has 3 heteroatoms. The lowest BCUT2D eigenvalue weighted by molar-refractivity contribution is -0.146. The van der Waals surface area contributed by atoms with E-state index in [4.69, 9.17) is 11.6 Å². The summed E-state index contributed by atoms with van der Waals surface area (Å²) >= 11 is 6.38. The van der Waals surface area contributed by atoms with Gasteiger partial charge in [-0.1, -0.05) is 53.2 Å². The first kappa shape index (κ1) is 25.7. The highest BCUT2D eigenvalue weighted by molar-refractivity contribution is 6.23. The van der Waals surface area contributed by atoms with Crippen molar-refractivity contribution in [3.05, 3.63) is 11.6 Å². The van der Waals surface area contributed by atoms with Crippen molar-refractivity contribution in [3.63, 3.8) is 0 Å². The molecule has 1 N–H and O–H groups in total. The minimum absolute atomic E-state index is 0.194. The highest BCUT2D eigenvalue weighted by Crippen LogP contribution is 2.73. The van der Waals surface area contributed by atoms with E-state index in [1.807, 2.05) is 13.8 Å². The van der Waals surface area contributed by atoms with Crippen molar-refractivity contribution in [2.24, 2.45) is 45.3 Å². The van der Waals surface area contributed by atoms with E-state index in [1.165, 1.54) is 25.7 Å². The third-order valence-electron chi connectivity index (χ3n) is 12.0. The van der Waals surface area contributed by atoms with E-state index in [1.54, 1.807) is 5.57 Å². The van der Waals surface area contributed by atoms with Gasteiger partial charge in [0.1, 0.15) is 5.78 Å². The third-order valence-corrected chi connectivity index (χ3v) is 12.3. The topological polar surface area (TPSA) is 37.3 Å². The zero-order chi connectivity index (χ0) is 24.6. The number of carbonyl (C=O) groups excluding carboxylic acids is 1. The second-order valence-corrected chi connectivity index (χ2v) is 15.2. The molecule has 0 heterocycles. The van der Waals surface area contributed by atoms with Crippen LogP contribution < -0.4 is 0 Å². The molecule has 0 aromatic rings. The molecule has 8 atom stereocenters. The second kappa shape index (κ2) is 8.09. The largest absolute Gasteiger partial charge is 0.391 e. The predicted molar refractivity (Wildman–Crippen MR) is 138 cm³/mol. The van der Waals surface area contributed by atoms with Crippen molar-refractivity contribution in [2.45, 2.75) is 124 Å². The van der Waals surface area contributed by atoms with E-state index in [2.05, 4.69) is 47.6 Å². The van der Waals surface area contributed by atoms with Crippen molar-refractivity contribution < 1.29 is 9.90 Å². The molecule has 0 aliphatic heterocycles. The van der Waals surface area contributed by atoms with Crippen LogP contribution in [-0.4, -0.2) is 21.9 Å². The molecule has 0 spiro atoms. The van der Waals surface area contributed by atoms with Crippen LogP contribution in [-0.2, 0) is 4.79 Å².